The van der Waals surface area contributed by atoms with Gasteiger partial charge in [-0.05, 0) is 26.0 Å². The Balaban J connectivity index is 1.97. The summed E-state index contributed by atoms with van der Waals surface area (Å²) in [6.07, 6.45) is 0.884. The maximum absolute atomic E-state index is 11.9. The molecule has 0 fully saturated rings. The smallest absolute Gasteiger partial charge is 0.241 e. The Morgan fingerprint density at radius 3 is 2.70 bits per heavy atom. The van der Waals surface area contributed by atoms with Crippen LogP contribution < -0.4 is 14.8 Å². The topological polar surface area (TPSA) is 50.8 Å². The number of nitrogens with zero attached hydrogens (tertiary/aromatic N) is 1. The molecule has 5 heteroatoms. The van der Waals surface area contributed by atoms with E-state index in [-0.39, 0.29) is 18.5 Å². The average Bonchev–Trinajstić information content (AvgIpc) is 2.68. The highest BCUT2D eigenvalue weighted by Crippen LogP contribution is 2.32. The number of ether oxygens (including phenoxy) is 2. The Kier molecular flexibility index (Phi) is 4.71. The van der Waals surface area contributed by atoms with E-state index >= 15 is 0 Å². The molecule has 0 bridgehead atoms. The Labute approximate surface area is 119 Å². The van der Waals surface area contributed by atoms with Crippen molar-refractivity contribution in [2.75, 3.05) is 32.1 Å². The molecule has 0 unspecified atom stereocenters. The van der Waals surface area contributed by atoms with E-state index in [0.717, 1.165) is 23.6 Å². The minimum absolute atomic E-state index is 0.0621. The normalized spacial score (nSPS) is 13.8. The summed E-state index contributed by atoms with van der Waals surface area (Å²) in [5.41, 5.74) is 0.861. The van der Waals surface area contributed by atoms with Gasteiger partial charge in [0.25, 0.3) is 0 Å². The van der Waals surface area contributed by atoms with Gasteiger partial charge in [-0.3, -0.25) is 4.79 Å². The number of carbonyl (C=O) groups is 1. The molecule has 0 aliphatic carbocycles. The predicted octanol–water partition coefficient (Wildman–Crippen LogP) is 2.13. The first-order chi connectivity index (χ1) is 9.58. The molecule has 0 saturated carbocycles. The highest BCUT2D eigenvalue weighted by atomic mass is 16.5. The first kappa shape index (κ1) is 14.5. The van der Waals surface area contributed by atoms with E-state index in [9.17, 15) is 4.79 Å². The molecule has 0 spiro atoms. The van der Waals surface area contributed by atoms with Gasteiger partial charge < -0.3 is 19.7 Å². The van der Waals surface area contributed by atoms with Crippen LogP contribution in [-0.2, 0) is 4.79 Å². The zero-order chi connectivity index (χ0) is 14.5. The van der Waals surface area contributed by atoms with Crippen molar-refractivity contribution in [1.29, 1.82) is 0 Å². The quantitative estimate of drug-likeness (QED) is 0.916. The van der Waals surface area contributed by atoms with E-state index in [2.05, 4.69) is 5.32 Å². The molecule has 110 valence electrons. The second-order valence-corrected chi connectivity index (χ2v) is 5.16. The second kappa shape index (κ2) is 6.50. The summed E-state index contributed by atoms with van der Waals surface area (Å²) in [6.45, 7) is 5.59. The molecule has 1 amide bonds. The van der Waals surface area contributed by atoms with Gasteiger partial charge in [0, 0.05) is 31.3 Å². The molecule has 1 aromatic rings. The lowest BCUT2D eigenvalue weighted by atomic mass is 10.2. The highest BCUT2D eigenvalue weighted by Gasteiger charge is 2.13. The maximum Gasteiger partial charge on any atom is 0.241 e. The fourth-order valence-electron chi connectivity index (χ4n) is 1.86. The lowest BCUT2D eigenvalue weighted by molar-refractivity contribution is -0.129. The maximum atomic E-state index is 11.9. The van der Waals surface area contributed by atoms with Gasteiger partial charge in [0.15, 0.2) is 11.5 Å². The summed E-state index contributed by atoms with van der Waals surface area (Å²) < 4.78 is 11.2. The number of benzene rings is 1. The Bertz CT molecular complexity index is 474. The SMILES string of the molecule is CC(C)N(C)C(=O)CNc1ccc2c(c1)OCCCO2. The summed E-state index contributed by atoms with van der Waals surface area (Å²) in [4.78, 5) is 13.6. The average molecular weight is 278 g/mol. The largest absolute Gasteiger partial charge is 0.490 e. The van der Waals surface area contributed by atoms with Crippen molar-refractivity contribution < 1.29 is 14.3 Å². The molecule has 1 aliphatic heterocycles. The van der Waals surface area contributed by atoms with Crippen molar-refractivity contribution in [2.45, 2.75) is 26.3 Å². The van der Waals surface area contributed by atoms with Gasteiger partial charge in [-0.1, -0.05) is 0 Å². The van der Waals surface area contributed by atoms with E-state index in [4.69, 9.17) is 9.47 Å². The van der Waals surface area contributed by atoms with Gasteiger partial charge in [-0.15, -0.1) is 0 Å². The van der Waals surface area contributed by atoms with Crippen molar-refractivity contribution in [3.63, 3.8) is 0 Å². The van der Waals surface area contributed by atoms with E-state index < -0.39 is 0 Å². The lowest BCUT2D eigenvalue weighted by Gasteiger charge is -2.22. The molecule has 20 heavy (non-hydrogen) atoms. The van der Waals surface area contributed by atoms with Gasteiger partial charge in [0.2, 0.25) is 5.91 Å². The lowest BCUT2D eigenvalue weighted by Crippen LogP contribution is -2.37. The molecule has 0 radical (unpaired) electrons. The van der Waals surface area contributed by atoms with E-state index in [1.54, 1.807) is 4.90 Å². The van der Waals surface area contributed by atoms with Gasteiger partial charge in [-0.25, -0.2) is 0 Å². The number of carbonyl (C=O) groups excluding carboxylic acids is 1. The van der Waals surface area contributed by atoms with Gasteiger partial charge in [-0.2, -0.15) is 0 Å². The summed E-state index contributed by atoms with van der Waals surface area (Å²) in [7, 11) is 1.81. The zero-order valence-corrected chi connectivity index (χ0v) is 12.3. The van der Waals surface area contributed by atoms with Crippen molar-refractivity contribution in [3.8, 4) is 11.5 Å². The molecule has 1 aromatic carbocycles. The fourth-order valence-corrected chi connectivity index (χ4v) is 1.86. The fraction of sp³-hybridized carbons (Fsp3) is 0.533. The van der Waals surface area contributed by atoms with Gasteiger partial charge in [0.1, 0.15) is 0 Å². The van der Waals surface area contributed by atoms with Crippen LogP contribution in [0.15, 0.2) is 18.2 Å². The number of rotatable bonds is 4. The molecule has 0 atom stereocenters. The van der Waals surface area contributed by atoms with Crippen LogP contribution in [0.1, 0.15) is 20.3 Å². The molecular weight excluding hydrogens is 256 g/mol. The van der Waals surface area contributed by atoms with Crippen LogP contribution in [0, 0.1) is 0 Å². The number of anilines is 1. The minimum Gasteiger partial charge on any atom is -0.490 e. The number of hydrogen-bond acceptors (Lipinski definition) is 4. The van der Waals surface area contributed by atoms with E-state index in [0.29, 0.717) is 13.2 Å². The minimum atomic E-state index is 0.0621. The van der Waals surface area contributed by atoms with Crippen LogP contribution in [0.5, 0.6) is 11.5 Å². The van der Waals surface area contributed by atoms with Crippen molar-refractivity contribution >= 4 is 11.6 Å². The predicted molar refractivity (Wildman–Crippen MR) is 78.4 cm³/mol. The summed E-state index contributed by atoms with van der Waals surface area (Å²) in [6, 6.07) is 5.85. The number of fused-ring (bicyclic) bond motifs is 1. The molecule has 0 aromatic heterocycles. The standard InChI is InChI=1S/C15H22N2O3/c1-11(2)17(3)15(18)10-16-12-5-6-13-14(9-12)20-8-4-7-19-13/h5-6,9,11,16H,4,7-8,10H2,1-3H3. The van der Waals surface area contributed by atoms with Crippen LogP contribution in [0.25, 0.3) is 0 Å². The molecule has 1 N–H and O–H groups in total. The zero-order valence-electron chi connectivity index (χ0n) is 12.3. The summed E-state index contributed by atoms with van der Waals surface area (Å²) in [5, 5.41) is 3.12. The monoisotopic (exact) mass is 278 g/mol. The molecule has 2 rings (SSSR count). The van der Waals surface area contributed by atoms with Crippen LogP contribution >= 0.6 is 0 Å². The van der Waals surface area contributed by atoms with Gasteiger partial charge in [0.05, 0.1) is 19.8 Å². The van der Waals surface area contributed by atoms with Crippen molar-refractivity contribution in [2.24, 2.45) is 0 Å². The Morgan fingerprint density at radius 1 is 1.30 bits per heavy atom. The van der Waals surface area contributed by atoms with Crippen molar-refractivity contribution in [3.05, 3.63) is 18.2 Å². The second-order valence-electron chi connectivity index (χ2n) is 5.16. The van der Waals surface area contributed by atoms with Crippen molar-refractivity contribution in [1.82, 2.24) is 4.90 Å². The molecule has 0 saturated heterocycles. The highest BCUT2D eigenvalue weighted by molar-refractivity contribution is 5.81. The van der Waals surface area contributed by atoms with Crippen LogP contribution in [0.2, 0.25) is 0 Å². The number of nitrogens with one attached hydrogen (secondary N) is 1. The van der Waals surface area contributed by atoms with Crippen LogP contribution in [0.3, 0.4) is 0 Å². The van der Waals surface area contributed by atoms with Crippen LogP contribution in [0.4, 0.5) is 5.69 Å². The third-order valence-corrected chi connectivity index (χ3v) is 3.36. The summed E-state index contributed by atoms with van der Waals surface area (Å²) in [5.74, 6) is 1.56. The van der Waals surface area contributed by atoms with Gasteiger partial charge >= 0.3 is 0 Å². The molecule has 1 aliphatic rings. The first-order valence-corrected chi connectivity index (χ1v) is 6.97. The third kappa shape index (κ3) is 3.56. The molecular formula is C15H22N2O3. The van der Waals surface area contributed by atoms with E-state index in [1.807, 2.05) is 39.1 Å². The third-order valence-electron chi connectivity index (χ3n) is 3.36. The van der Waals surface area contributed by atoms with E-state index in [1.165, 1.54) is 0 Å². The first-order valence-electron chi connectivity index (χ1n) is 6.97. The molecule has 5 nitrogen and oxygen atoms in total. The number of hydrogen-bond donors (Lipinski definition) is 1. The Hall–Kier alpha value is -1.91. The number of amides is 1. The molecule has 1 heterocycles. The summed E-state index contributed by atoms with van der Waals surface area (Å²) >= 11 is 0. The number of likely N-dealkylation sites (N-methyl/N-ethyl adjacent to an activating group) is 1. The van der Waals surface area contributed by atoms with Crippen LogP contribution in [-0.4, -0.2) is 43.7 Å². The Morgan fingerprint density at radius 2 is 2.00 bits per heavy atom.